The minimum Gasteiger partial charge on any atom is -0.361 e. The zero-order valence-corrected chi connectivity index (χ0v) is 11.5. The van der Waals surface area contributed by atoms with E-state index < -0.39 is 0 Å². The van der Waals surface area contributed by atoms with Crippen molar-refractivity contribution in [3.63, 3.8) is 0 Å². The van der Waals surface area contributed by atoms with Crippen molar-refractivity contribution in [2.75, 3.05) is 0 Å². The van der Waals surface area contributed by atoms with Crippen molar-refractivity contribution in [1.82, 2.24) is 20.1 Å². The van der Waals surface area contributed by atoms with E-state index in [0.29, 0.717) is 12.1 Å². The summed E-state index contributed by atoms with van der Waals surface area (Å²) in [5.41, 5.74) is 3.62. The van der Waals surface area contributed by atoms with Crippen LogP contribution in [0.5, 0.6) is 0 Å². The fourth-order valence-corrected chi connectivity index (χ4v) is 2.26. The minimum absolute atomic E-state index is 0.0821. The number of benzene rings is 1. The zero-order valence-electron chi connectivity index (χ0n) is 11.5. The molecule has 0 radical (unpaired) electrons. The van der Waals surface area contributed by atoms with E-state index in [1.54, 1.807) is 10.9 Å². The molecule has 2 aromatic heterocycles. The first kappa shape index (κ1) is 12.5. The third-order valence-electron chi connectivity index (χ3n) is 3.61. The van der Waals surface area contributed by atoms with Crippen molar-refractivity contribution >= 4 is 16.8 Å². The summed E-state index contributed by atoms with van der Waals surface area (Å²) in [5.74, 6) is -0.0821. The number of H-pyrrole nitrogens is 1. The number of carbonyl (C=O) groups is 1. The molecule has 102 valence electrons. The van der Waals surface area contributed by atoms with Gasteiger partial charge in [0.05, 0.1) is 17.3 Å². The average Bonchev–Trinajstić information content (AvgIpc) is 3.04. The predicted molar refractivity (Wildman–Crippen MR) is 77.4 cm³/mol. The summed E-state index contributed by atoms with van der Waals surface area (Å²) in [6, 6.07) is 7.65. The lowest BCUT2D eigenvalue weighted by molar-refractivity contribution is 0.0952. The molecule has 20 heavy (non-hydrogen) atoms. The summed E-state index contributed by atoms with van der Waals surface area (Å²) in [6.07, 6.45) is 3.62. The minimum atomic E-state index is -0.0821. The number of aromatic amines is 1. The summed E-state index contributed by atoms with van der Waals surface area (Å²) < 4.78 is 1.80. The third-order valence-corrected chi connectivity index (χ3v) is 3.61. The van der Waals surface area contributed by atoms with Crippen LogP contribution in [0.15, 0.2) is 36.7 Å². The molecule has 0 spiro atoms. The Bertz CT molecular complexity index is 769. The van der Waals surface area contributed by atoms with E-state index in [-0.39, 0.29) is 5.91 Å². The van der Waals surface area contributed by atoms with Gasteiger partial charge < -0.3 is 10.3 Å². The number of nitrogens with zero attached hydrogens (tertiary/aromatic N) is 2. The van der Waals surface area contributed by atoms with Crippen LogP contribution in [-0.4, -0.2) is 20.7 Å². The van der Waals surface area contributed by atoms with Crippen LogP contribution in [0.3, 0.4) is 0 Å². The van der Waals surface area contributed by atoms with Crippen molar-refractivity contribution in [2.24, 2.45) is 7.05 Å². The lowest BCUT2D eigenvalue weighted by Crippen LogP contribution is -2.23. The number of aromatic nitrogens is 3. The second kappa shape index (κ2) is 4.85. The van der Waals surface area contributed by atoms with E-state index in [1.165, 1.54) is 0 Å². The number of rotatable bonds is 3. The van der Waals surface area contributed by atoms with Gasteiger partial charge in [-0.1, -0.05) is 12.1 Å². The number of aryl methyl sites for hydroxylation is 1. The maximum absolute atomic E-state index is 12.3. The Kier molecular flexibility index (Phi) is 3.02. The molecular formula is C15H16N4O. The van der Waals surface area contributed by atoms with Gasteiger partial charge in [0, 0.05) is 36.4 Å². The standard InChI is InChI=1S/C15H16N4O/c1-10-12(9-18-19(10)2)8-17-15(20)13-5-3-4-11-6-7-16-14(11)13/h3-7,9,16H,8H2,1-2H3,(H,17,20). The van der Waals surface area contributed by atoms with E-state index in [2.05, 4.69) is 15.4 Å². The molecule has 0 fully saturated rings. The summed E-state index contributed by atoms with van der Waals surface area (Å²) in [7, 11) is 1.89. The number of para-hydroxylation sites is 1. The van der Waals surface area contributed by atoms with Gasteiger partial charge in [-0.3, -0.25) is 9.48 Å². The normalized spacial score (nSPS) is 10.9. The molecule has 1 amide bonds. The van der Waals surface area contributed by atoms with E-state index in [4.69, 9.17) is 0 Å². The number of hydrogen-bond donors (Lipinski definition) is 2. The molecule has 5 heteroatoms. The Hall–Kier alpha value is -2.56. The fraction of sp³-hybridized carbons (Fsp3) is 0.200. The van der Waals surface area contributed by atoms with Crippen molar-refractivity contribution < 1.29 is 4.79 Å². The van der Waals surface area contributed by atoms with E-state index >= 15 is 0 Å². The highest BCUT2D eigenvalue weighted by Crippen LogP contribution is 2.17. The number of amides is 1. The topological polar surface area (TPSA) is 62.7 Å². The molecule has 0 unspecified atom stereocenters. The molecule has 0 aliphatic carbocycles. The van der Waals surface area contributed by atoms with Crippen molar-refractivity contribution in [3.05, 3.63) is 53.5 Å². The van der Waals surface area contributed by atoms with Gasteiger partial charge in [-0.05, 0) is 19.1 Å². The first-order chi connectivity index (χ1) is 9.66. The number of fused-ring (bicyclic) bond motifs is 1. The molecule has 5 nitrogen and oxygen atoms in total. The van der Waals surface area contributed by atoms with E-state index in [1.807, 2.05) is 44.4 Å². The second-order valence-corrected chi connectivity index (χ2v) is 4.81. The lowest BCUT2D eigenvalue weighted by Gasteiger charge is -2.06. The monoisotopic (exact) mass is 268 g/mol. The molecule has 0 aliphatic rings. The molecule has 0 saturated carbocycles. The van der Waals surface area contributed by atoms with Gasteiger partial charge >= 0.3 is 0 Å². The Labute approximate surface area is 116 Å². The molecule has 0 bridgehead atoms. The molecule has 0 aliphatic heterocycles. The highest BCUT2D eigenvalue weighted by atomic mass is 16.1. The van der Waals surface area contributed by atoms with Crippen LogP contribution in [0.1, 0.15) is 21.6 Å². The molecule has 1 aromatic carbocycles. The maximum atomic E-state index is 12.3. The van der Waals surface area contributed by atoms with Gasteiger partial charge in [0.2, 0.25) is 0 Å². The molecule has 0 atom stereocenters. The second-order valence-electron chi connectivity index (χ2n) is 4.81. The van der Waals surface area contributed by atoms with Crippen LogP contribution < -0.4 is 5.32 Å². The molecule has 3 rings (SSSR count). The van der Waals surface area contributed by atoms with Gasteiger partial charge in [-0.2, -0.15) is 5.10 Å². The van der Waals surface area contributed by atoms with Crippen LogP contribution in [0, 0.1) is 6.92 Å². The smallest absolute Gasteiger partial charge is 0.253 e. The average molecular weight is 268 g/mol. The third kappa shape index (κ3) is 2.07. The number of carbonyl (C=O) groups excluding carboxylic acids is 1. The van der Waals surface area contributed by atoms with Crippen LogP contribution in [0.25, 0.3) is 10.9 Å². The summed E-state index contributed by atoms with van der Waals surface area (Å²) in [4.78, 5) is 15.4. The Morgan fingerprint density at radius 3 is 3.00 bits per heavy atom. The van der Waals surface area contributed by atoms with Gasteiger partial charge in [0.15, 0.2) is 0 Å². The van der Waals surface area contributed by atoms with E-state index in [9.17, 15) is 4.79 Å². The largest absolute Gasteiger partial charge is 0.361 e. The number of nitrogens with one attached hydrogen (secondary N) is 2. The molecule has 2 N–H and O–H groups in total. The van der Waals surface area contributed by atoms with Crippen LogP contribution >= 0.6 is 0 Å². The Morgan fingerprint density at radius 1 is 1.40 bits per heavy atom. The lowest BCUT2D eigenvalue weighted by atomic mass is 10.1. The van der Waals surface area contributed by atoms with Crippen molar-refractivity contribution in [2.45, 2.75) is 13.5 Å². The Balaban J connectivity index is 1.80. The molecule has 0 saturated heterocycles. The number of hydrogen-bond acceptors (Lipinski definition) is 2. The first-order valence-corrected chi connectivity index (χ1v) is 6.48. The van der Waals surface area contributed by atoms with Crippen LogP contribution in [0.2, 0.25) is 0 Å². The molecule has 3 aromatic rings. The van der Waals surface area contributed by atoms with E-state index in [0.717, 1.165) is 22.2 Å². The van der Waals surface area contributed by atoms with Crippen molar-refractivity contribution in [3.8, 4) is 0 Å². The summed E-state index contributed by atoms with van der Waals surface area (Å²) >= 11 is 0. The SMILES string of the molecule is Cc1c(CNC(=O)c2cccc3cc[nH]c23)cnn1C. The fourth-order valence-electron chi connectivity index (χ4n) is 2.26. The van der Waals surface area contributed by atoms with Gasteiger partial charge in [-0.15, -0.1) is 0 Å². The van der Waals surface area contributed by atoms with Gasteiger partial charge in [-0.25, -0.2) is 0 Å². The highest BCUT2D eigenvalue weighted by molar-refractivity contribution is 6.05. The molecule has 2 heterocycles. The predicted octanol–water partition coefficient (Wildman–Crippen LogP) is 2.14. The summed E-state index contributed by atoms with van der Waals surface area (Å²) in [5, 5.41) is 8.14. The first-order valence-electron chi connectivity index (χ1n) is 6.48. The van der Waals surface area contributed by atoms with Crippen LogP contribution in [-0.2, 0) is 13.6 Å². The zero-order chi connectivity index (χ0) is 14.1. The molecular weight excluding hydrogens is 252 g/mol. The quantitative estimate of drug-likeness (QED) is 0.764. The highest BCUT2D eigenvalue weighted by Gasteiger charge is 2.11. The Morgan fingerprint density at radius 2 is 2.25 bits per heavy atom. The summed E-state index contributed by atoms with van der Waals surface area (Å²) in [6.45, 7) is 2.47. The van der Waals surface area contributed by atoms with Gasteiger partial charge in [0.1, 0.15) is 0 Å². The van der Waals surface area contributed by atoms with Crippen LogP contribution in [0.4, 0.5) is 0 Å². The van der Waals surface area contributed by atoms with Gasteiger partial charge in [0.25, 0.3) is 5.91 Å². The maximum Gasteiger partial charge on any atom is 0.253 e. The van der Waals surface area contributed by atoms with Crippen molar-refractivity contribution in [1.29, 1.82) is 0 Å².